The molecular formula is C14H18N4. The number of hydrogen-bond donors (Lipinski definition) is 1. The molecule has 0 aliphatic carbocycles. The topological polar surface area (TPSA) is 52.0 Å². The highest BCUT2D eigenvalue weighted by atomic mass is 15.2. The van der Waals surface area contributed by atoms with E-state index in [1.165, 1.54) is 12.8 Å². The number of nitriles is 1. The predicted molar refractivity (Wildman–Crippen MR) is 70.3 cm³/mol. The van der Waals surface area contributed by atoms with Gasteiger partial charge in [0.2, 0.25) is 0 Å². The third-order valence-electron chi connectivity index (χ3n) is 4.24. The lowest BCUT2D eigenvalue weighted by atomic mass is 9.98. The third-order valence-corrected chi connectivity index (χ3v) is 4.24. The Kier molecular flexibility index (Phi) is 2.92. The zero-order chi connectivity index (χ0) is 12.5. The number of anilines is 1. The molecule has 1 aromatic rings. The van der Waals surface area contributed by atoms with Crippen LogP contribution < -0.4 is 10.2 Å². The van der Waals surface area contributed by atoms with Crippen LogP contribution in [0.3, 0.4) is 0 Å². The van der Waals surface area contributed by atoms with Gasteiger partial charge in [-0.2, -0.15) is 5.26 Å². The van der Waals surface area contributed by atoms with E-state index >= 15 is 0 Å². The molecule has 18 heavy (non-hydrogen) atoms. The minimum Gasteiger partial charge on any atom is -0.355 e. The maximum atomic E-state index is 9.15. The van der Waals surface area contributed by atoms with E-state index in [1.54, 1.807) is 6.20 Å². The quantitative estimate of drug-likeness (QED) is 0.857. The first-order chi connectivity index (χ1) is 8.78. The summed E-state index contributed by atoms with van der Waals surface area (Å²) in [7, 11) is 2.07. The minimum absolute atomic E-state index is 0.505. The molecule has 2 fully saturated rings. The van der Waals surface area contributed by atoms with Crippen LogP contribution in [0.25, 0.3) is 0 Å². The third kappa shape index (κ3) is 1.95. The fraction of sp³-hybridized carbons (Fsp3) is 0.571. The largest absolute Gasteiger partial charge is 0.355 e. The highest BCUT2D eigenvalue weighted by Crippen LogP contribution is 2.31. The summed E-state index contributed by atoms with van der Waals surface area (Å²) in [6.07, 6.45) is 6.68. The van der Waals surface area contributed by atoms with Gasteiger partial charge in [0.1, 0.15) is 11.9 Å². The summed E-state index contributed by atoms with van der Waals surface area (Å²) in [4.78, 5) is 6.58. The van der Waals surface area contributed by atoms with Crippen molar-refractivity contribution in [3.05, 3.63) is 23.9 Å². The second-order valence-corrected chi connectivity index (χ2v) is 5.36. The van der Waals surface area contributed by atoms with Crippen LogP contribution in [-0.4, -0.2) is 30.2 Å². The summed E-state index contributed by atoms with van der Waals surface area (Å²) in [6.45, 7) is 0. The van der Waals surface area contributed by atoms with Gasteiger partial charge in [-0.25, -0.2) is 4.98 Å². The Labute approximate surface area is 108 Å². The van der Waals surface area contributed by atoms with E-state index in [0.29, 0.717) is 23.7 Å². The van der Waals surface area contributed by atoms with Gasteiger partial charge >= 0.3 is 0 Å². The molecule has 1 N–H and O–H groups in total. The molecule has 0 aromatic carbocycles. The normalized spacial score (nSPS) is 29.9. The van der Waals surface area contributed by atoms with Crippen LogP contribution in [0.4, 0.5) is 5.82 Å². The van der Waals surface area contributed by atoms with E-state index in [-0.39, 0.29) is 0 Å². The molecule has 0 spiro atoms. The van der Waals surface area contributed by atoms with Crippen molar-refractivity contribution < 1.29 is 0 Å². The van der Waals surface area contributed by atoms with E-state index in [2.05, 4.69) is 28.3 Å². The van der Waals surface area contributed by atoms with E-state index in [4.69, 9.17) is 5.26 Å². The molecule has 2 bridgehead atoms. The lowest BCUT2D eigenvalue weighted by Gasteiger charge is -2.36. The SMILES string of the molecule is CN(c1ncccc1C#N)C1CC2CCC(C1)N2. The van der Waals surface area contributed by atoms with E-state index in [1.807, 2.05) is 12.1 Å². The number of hydrogen-bond acceptors (Lipinski definition) is 4. The molecule has 4 heteroatoms. The molecule has 3 rings (SSSR count). The fourth-order valence-corrected chi connectivity index (χ4v) is 3.28. The lowest BCUT2D eigenvalue weighted by molar-refractivity contribution is 0.354. The Balaban J connectivity index is 1.82. The Morgan fingerprint density at radius 1 is 1.39 bits per heavy atom. The summed E-state index contributed by atoms with van der Waals surface area (Å²) < 4.78 is 0. The number of pyridine rings is 1. The fourth-order valence-electron chi connectivity index (χ4n) is 3.28. The molecule has 0 amide bonds. The van der Waals surface area contributed by atoms with Crippen LogP contribution in [0.15, 0.2) is 18.3 Å². The number of piperidine rings is 1. The molecule has 2 unspecified atom stereocenters. The lowest BCUT2D eigenvalue weighted by Crippen LogP contribution is -2.47. The van der Waals surface area contributed by atoms with Gasteiger partial charge in [-0.05, 0) is 37.8 Å². The van der Waals surface area contributed by atoms with Gasteiger partial charge in [0, 0.05) is 31.4 Å². The molecule has 3 heterocycles. The van der Waals surface area contributed by atoms with Gasteiger partial charge in [0.05, 0.1) is 5.56 Å². The van der Waals surface area contributed by atoms with Crippen LogP contribution in [0, 0.1) is 11.3 Å². The van der Waals surface area contributed by atoms with Crippen LogP contribution in [0.2, 0.25) is 0 Å². The Bertz CT molecular complexity index is 467. The molecule has 2 aliphatic rings. The van der Waals surface area contributed by atoms with Crippen molar-refractivity contribution in [2.24, 2.45) is 0 Å². The van der Waals surface area contributed by atoms with Crippen LogP contribution in [0.5, 0.6) is 0 Å². The maximum Gasteiger partial charge on any atom is 0.146 e. The average Bonchev–Trinajstić information content (AvgIpc) is 2.76. The number of rotatable bonds is 2. The predicted octanol–water partition coefficient (Wildman–Crippen LogP) is 1.67. The Hall–Kier alpha value is -1.60. The first kappa shape index (κ1) is 11.5. The molecule has 4 nitrogen and oxygen atoms in total. The molecule has 0 radical (unpaired) electrons. The summed E-state index contributed by atoms with van der Waals surface area (Å²) >= 11 is 0. The summed E-state index contributed by atoms with van der Waals surface area (Å²) in [5, 5.41) is 12.8. The van der Waals surface area contributed by atoms with Crippen molar-refractivity contribution in [3.8, 4) is 6.07 Å². The molecule has 2 atom stereocenters. The number of fused-ring (bicyclic) bond motifs is 2. The first-order valence-electron chi connectivity index (χ1n) is 6.62. The second kappa shape index (κ2) is 4.58. The number of aromatic nitrogens is 1. The molecule has 1 aromatic heterocycles. The second-order valence-electron chi connectivity index (χ2n) is 5.36. The Morgan fingerprint density at radius 2 is 2.11 bits per heavy atom. The van der Waals surface area contributed by atoms with Crippen molar-refractivity contribution in [2.75, 3.05) is 11.9 Å². The molecule has 2 saturated heterocycles. The summed E-state index contributed by atoms with van der Waals surface area (Å²) in [5.74, 6) is 0.825. The van der Waals surface area contributed by atoms with E-state index < -0.39 is 0 Å². The van der Waals surface area contributed by atoms with Gasteiger partial charge in [0.15, 0.2) is 0 Å². The van der Waals surface area contributed by atoms with Gasteiger partial charge < -0.3 is 10.2 Å². The van der Waals surface area contributed by atoms with Gasteiger partial charge in [-0.3, -0.25) is 0 Å². The van der Waals surface area contributed by atoms with E-state index in [9.17, 15) is 0 Å². The summed E-state index contributed by atoms with van der Waals surface area (Å²) in [6, 6.07) is 7.72. The van der Waals surface area contributed by atoms with Crippen molar-refractivity contribution >= 4 is 5.82 Å². The minimum atomic E-state index is 0.505. The van der Waals surface area contributed by atoms with Gasteiger partial charge in [-0.1, -0.05) is 0 Å². The highest BCUT2D eigenvalue weighted by molar-refractivity contribution is 5.53. The van der Waals surface area contributed by atoms with Gasteiger partial charge in [-0.15, -0.1) is 0 Å². The smallest absolute Gasteiger partial charge is 0.146 e. The van der Waals surface area contributed by atoms with Gasteiger partial charge in [0.25, 0.3) is 0 Å². The van der Waals surface area contributed by atoms with Crippen molar-refractivity contribution in [2.45, 2.75) is 43.8 Å². The molecule has 94 valence electrons. The summed E-state index contributed by atoms with van der Waals surface area (Å²) in [5.41, 5.74) is 0.672. The zero-order valence-corrected chi connectivity index (χ0v) is 10.6. The van der Waals surface area contributed by atoms with Crippen LogP contribution in [0.1, 0.15) is 31.2 Å². The number of nitrogens with zero attached hydrogens (tertiary/aromatic N) is 3. The van der Waals surface area contributed by atoms with Crippen molar-refractivity contribution in [3.63, 3.8) is 0 Å². The molecule has 2 aliphatic heterocycles. The maximum absolute atomic E-state index is 9.15. The van der Waals surface area contributed by atoms with E-state index in [0.717, 1.165) is 18.7 Å². The molecular weight excluding hydrogens is 224 g/mol. The standard InChI is InChI=1S/C14H18N4/c1-18(14-10(9-15)3-2-6-16-14)13-7-11-4-5-12(8-13)17-11/h2-3,6,11-13,17H,4-5,7-8H2,1H3. The average molecular weight is 242 g/mol. The Morgan fingerprint density at radius 3 is 2.78 bits per heavy atom. The monoisotopic (exact) mass is 242 g/mol. The van der Waals surface area contributed by atoms with Crippen LogP contribution in [-0.2, 0) is 0 Å². The highest BCUT2D eigenvalue weighted by Gasteiger charge is 2.35. The molecule has 0 saturated carbocycles. The van der Waals surface area contributed by atoms with Crippen molar-refractivity contribution in [1.29, 1.82) is 5.26 Å². The van der Waals surface area contributed by atoms with Crippen LogP contribution >= 0.6 is 0 Å². The number of nitrogens with one attached hydrogen (secondary N) is 1. The first-order valence-corrected chi connectivity index (χ1v) is 6.62. The van der Waals surface area contributed by atoms with Crippen molar-refractivity contribution in [1.82, 2.24) is 10.3 Å². The zero-order valence-electron chi connectivity index (χ0n) is 10.6.